The highest BCUT2D eigenvalue weighted by Gasteiger charge is 2.35. The summed E-state index contributed by atoms with van der Waals surface area (Å²) in [5, 5.41) is 8.99. The van der Waals surface area contributed by atoms with Crippen LogP contribution in [-0.2, 0) is 4.79 Å². The van der Waals surface area contributed by atoms with E-state index >= 15 is 0 Å². The van der Waals surface area contributed by atoms with Gasteiger partial charge in [0.05, 0.1) is 0 Å². The smallest absolute Gasteiger partial charge is 0.326 e. The molecule has 1 atom stereocenters. The molecule has 7 heteroatoms. The standard InChI is InChI=1S/C10H12N4O3/c11-8-7(12-3-4-13-8)9(15)14-5-1-2-6(14)10(16)17/h3-4,6H,1-2,5H2,(H2,11,13)(H,16,17). The average molecular weight is 236 g/mol. The molecule has 0 bridgehead atoms. The number of nitrogen functional groups attached to an aromatic ring is 1. The minimum absolute atomic E-state index is 0.0145. The van der Waals surface area contributed by atoms with E-state index in [0.29, 0.717) is 19.4 Å². The summed E-state index contributed by atoms with van der Waals surface area (Å²) in [5.74, 6) is -1.45. The van der Waals surface area contributed by atoms with Crippen LogP contribution in [0.1, 0.15) is 23.3 Å². The summed E-state index contributed by atoms with van der Waals surface area (Å²) in [6, 6.07) is -0.788. The lowest BCUT2D eigenvalue weighted by Crippen LogP contribution is -2.41. The van der Waals surface area contributed by atoms with E-state index in [9.17, 15) is 9.59 Å². The third kappa shape index (κ3) is 2.03. The van der Waals surface area contributed by atoms with Gasteiger partial charge in [-0.25, -0.2) is 14.8 Å². The molecule has 0 radical (unpaired) electrons. The van der Waals surface area contributed by atoms with Crippen molar-refractivity contribution in [3.05, 3.63) is 18.1 Å². The number of carbonyl (C=O) groups is 2. The van der Waals surface area contributed by atoms with Gasteiger partial charge in [-0.3, -0.25) is 4.79 Å². The van der Waals surface area contributed by atoms with E-state index in [1.165, 1.54) is 17.3 Å². The minimum Gasteiger partial charge on any atom is -0.480 e. The molecule has 1 aliphatic rings. The van der Waals surface area contributed by atoms with Gasteiger partial charge in [0.2, 0.25) is 0 Å². The van der Waals surface area contributed by atoms with E-state index in [1.54, 1.807) is 0 Å². The van der Waals surface area contributed by atoms with Gasteiger partial charge in [0.25, 0.3) is 5.91 Å². The molecule has 2 rings (SSSR count). The predicted molar refractivity (Wildman–Crippen MR) is 58.1 cm³/mol. The van der Waals surface area contributed by atoms with Crippen molar-refractivity contribution in [1.82, 2.24) is 14.9 Å². The van der Waals surface area contributed by atoms with Gasteiger partial charge in [-0.15, -0.1) is 0 Å². The zero-order valence-electron chi connectivity index (χ0n) is 9.04. The molecule has 0 spiro atoms. The van der Waals surface area contributed by atoms with Crippen LogP contribution in [-0.4, -0.2) is 44.4 Å². The van der Waals surface area contributed by atoms with Crippen LogP contribution in [0.5, 0.6) is 0 Å². The van der Waals surface area contributed by atoms with Gasteiger partial charge in [-0.2, -0.15) is 0 Å². The first-order valence-corrected chi connectivity index (χ1v) is 5.21. The number of carbonyl (C=O) groups excluding carboxylic acids is 1. The maximum Gasteiger partial charge on any atom is 0.326 e. The van der Waals surface area contributed by atoms with E-state index in [2.05, 4.69) is 9.97 Å². The monoisotopic (exact) mass is 236 g/mol. The summed E-state index contributed by atoms with van der Waals surface area (Å²) in [6.45, 7) is 0.409. The molecule has 0 aliphatic carbocycles. The summed E-state index contributed by atoms with van der Waals surface area (Å²) in [5.41, 5.74) is 5.56. The molecule has 3 N–H and O–H groups in total. The largest absolute Gasteiger partial charge is 0.480 e. The molecule has 1 amide bonds. The summed E-state index contributed by atoms with van der Waals surface area (Å²) in [6.07, 6.45) is 3.87. The first-order chi connectivity index (χ1) is 8.11. The topological polar surface area (TPSA) is 109 Å². The number of aromatic nitrogens is 2. The maximum atomic E-state index is 12.1. The fourth-order valence-corrected chi connectivity index (χ4v) is 1.92. The van der Waals surface area contributed by atoms with Crippen LogP contribution >= 0.6 is 0 Å². The number of nitrogens with zero attached hydrogens (tertiary/aromatic N) is 3. The zero-order valence-corrected chi connectivity index (χ0v) is 9.04. The first-order valence-electron chi connectivity index (χ1n) is 5.21. The van der Waals surface area contributed by atoms with Crippen molar-refractivity contribution in [3.63, 3.8) is 0 Å². The van der Waals surface area contributed by atoms with Crippen molar-refractivity contribution >= 4 is 17.7 Å². The van der Waals surface area contributed by atoms with Crippen molar-refractivity contribution < 1.29 is 14.7 Å². The molecule has 90 valence electrons. The third-order valence-electron chi connectivity index (χ3n) is 2.73. The fraction of sp³-hybridized carbons (Fsp3) is 0.400. The number of rotatable bonds is 2. The van der Waals surface area contributed by atoms with Gasteiger partial charge in [0, 0.05) is 18.9 Å². The van der Waals surface area contributed by atoms with Crippen molar-refractivity contribution in [2.24, 2.45) is 0 Å². The van der Waals surface area contributed by atoms with Crippen LogP contribution in [0.25, 0.3) is 0 Å². The highest BCUT2D eigenvalue weighted by Crippen LogP contribution is 2.20. The Morgan fingerprint density at radius 3 is 2.76 bits per heavy atom. The lowest BCUT2D eigenvalue weighted by atomic mass is 10.2. The average Bonchev–Trinajstić information content (AvgIpc) is 2.77. The van der Waals surface area contributed by atoms with E-state index in [4.69, 9.17) is 10.8 Å². The van der Waals surface area contributed by atoms with E-state index in [1.807, 2.05) is 0 Å². The van der Waals surface area contributed by atoms with Crippen LogP contribution in [0, 0.1) is 0 Å². The normalized spacial score (nSPS) is 19.3. The lowest BCUT2D eigenvalue weighted by Gasteiger charge is -2.21. The summed E-state index contributed by atoms with van der Waals surface area (Å²) in [7, 11) is 0. The Balaban J connectivity index is 2.26. The SMILES string of the molecule is Nc1nccnc1C(=O)N1CCCC1C(=O)O. The van der Waals surface area contributed by atoms with Crippen LogP contribution < -0.4 is 5.73 Å². The van der Waals surface area contributed by atoms with Crippen molar-refractivity contribution in [2.45, 2.75) is 18.9 Å². The summed E-state index contributed by atoms with van der Waals surface area (Å²) in [4.78, 5) is 31.9. The molecular weight excluding hydrogens is 224 g/mol. The van der Waals surface area contributed by atoms with Gasteiger partial charge in [0.1, 0.15) is 6.04 Å². The minimum atomic E-state index is -1.00. The lowest BCUT2D eigenvalue weighted by molar-refractivity contribution is -0.141. The molecule has 1 fully saturated rings. The summed E-state index contributed by atoms with van der Waals surface area (Å²) < 4.78 is 0. The van der Waals surface area contributed by atoms with Gasteiger partial charge < -0.3 is 15.7 Å². The zero-order chi connectivity index (χ0) is 12.4. The van der Waals surface area contributed by atoms with Crippen LogP contribution in [0.15, 0.2) is 12.4 Å². The number of nitrogens with two attached hydrogens (primary N) is 1. The van der Waals surface area contributed by atoms with E-state index in [0.717, 1.165) is 0 Å². The number of aliphatic carboxylic acids is 1. The highest BCUT2D eigenvalue weighted by atomic mass is 16.4. The summed E-state index contributed by atoms with van der Waals surface area (Å²) >= 11 is 0. The Bertz CT molecular complexity index is 463. The van der Waals surface area contributed by atoms with E-state index in [-0.39, 0.29) is 11.5 Å². The number of hydrogen-bond acceptors (Lipinski definition) is 5. The Morgan fingerprint density at radius 1 is 1.41 bits per heavy atom. The Kier molecular flexibility index (Phi) is 2.90. The van der Waals surface area contributed by atoms with Gasteiger partial charge in [-0.1, -0.05) is 0 Å². The molecule has 1 aliphatic heterocycles. The number of carboxylic acids is 1. The van der Waals surface area contributed by atoms with Crippen LogP contribution in [0.2, 0.25) is 0 Å². The molecule has 1 aromatic rings. The van der Waals surface area contributed by atoms with Gasteiger partial charge >= 0.3 is 5.97 Å². The number of likely N-dealkylation sites (tertiary alicyclic amines) is 1. The first kappa shape index (κ1) is 11.3. The number of carboxylic acid groups (broad SMARTS) is 1. The second-order valence-corrected chi connectivity index (χ2v) is 3.78. The Morgan fingerprint density at radius 2 is 2.12 bits per heavy atom. The fourth-order valence-electron chi connectivity index (χ4n) is 1.92. The quantitative estimate of drug-likeness (QED) is 0.732. The van der Waals surface area contributed by atoms with Crippen LogP contribution in [0.4, 0.5) is 5.82 Å². The van der Waals surface area contributed by atoms with Crippen molar-refractivity contribution in [2.75, 3.05) is 12.3 Å². The van der Waals surface area contributed by atoms with Crippen LogP contribution in [0.3, 0.4) is 0 Å². The molecule has 1 aromatic heterocycles. The van der Waals surface area contributed by atoms with Gasteiger partial charge in [-0.05, 0) is 12.8 Å². The third-order valence-corrected chi connectivity index (χ3v) is 2.73. The molecule has 2 heterocycles. The molecule has 1 saturated heterocycles. The second kappa shape index (κ2) is 4.36. The maximum absolute atomic E-state index is 12.1. The molecule has 1 unspecified atom stereocenters. The predicted octanol–water partition coefficient (Wildman–Crippen LogP) is -0.252. The Labute approximate surface area is 97.3 Å². The number of amides is 1. The number of hydrogen-bond donors (Lipinski definition) is 2. The molecule has 7 nitrogen and oxygen atoms in total. The van der Waals surface area contributed by atoms with E-state index < -0.39 is 17.9 Å². The highest BCUT2D eigenvalue weighted by molar-refractivity contribution is 5.98. The second-order valence-electron chi connectivity index (χ2n) is 3.78. The Hall–Kier alpha value is -2.18. The molecule has 0 aromatic carbocycles. The molecular formula is C10H12N4O3. The number of anilines is 1. The van der Waals surface area contributed by atoms with Crippen molar-refractivity contribution in [3.8, 4) is 0 Å². The molecule has 0 saturated carbocycles. The van der Waals surface area contributed by atoms with Gasteiger partial charge in [0.15, 0.2) is 11.5 Å². The van der Waals surface area contributed by atoms with Crippen molar-refractivity contribution in [1.29, 1.82) is 0 Å². The molecule has 17 heavy (non-hydrogen) atoms.